The van der Waals surface area contributed by atoms with Crippen LogP contribution >= 0.6 is 0 Å². The number of para-hydroxylation sites is 1. The number of H-pyrrole nitrogens is 2. The van der Waals surface area contributed by atoms with Gasteiger partial charge in [0, 0.05) is 23.9 Å². The number of likely N-dealkylation sites (tertiary alicyclic amines) is 1. The van der Waals surface area contributed by atoms with E-state index < -0.39 is 9.84 Å². The Morgan fingerprint density at radius 1 is 1.08 bits per heavy atom. The van der Waals surface area contributed by atoms with Gasteiger partial charge in [-0.2, -0.15) is 4.98 Å². The van der Waals surface area contributed by atoms with Crippen LogP contribution in [-0.4, -0.2) is 60.0 Å². The van der Waals surface area contributed by atoms with Gasteiger partial charge in [0.25, 0.3) is 5.56 Å². The number of ether oxygens (including phenoxy) is 1. The maximum atomic E-state index is 12.9. The molecule has 1 saturated heterocycles. The van der Waals surface area contributed by atoms with Crippen LogP contribution in [0.25, 0.3) is 33.4 Å². The highest BCUT2D eigenvalue weighted by atomic mass is 32.2. The predicted molar refractivity (Wildman–Crippen MR) is 142 cm³/mol. The van der Waals surface area contributed by atoms with E-state index in [0.717, 1.165) is 42.0 Å². The lowest BCUT2D eigenvalue weighted by atomic mass is 9.97. The molecular formula is C26H29N5O4S. The Hall–Kier alpha value is -3.63. The van der Waals surface area contributed by atoms with E-state index >= 15 is 0 Å². The van der Waals surface area contributed by atoms with Crippen LogP contribution in [0.4, 0.5) is 5.95 Å². The summed E-state index contributed by atoms with van der Waals surface area (Å²) in [4.78, 5) is 25.4. The lowest BCUT2D eigenvalue weighted by molar-refractivity contribution is 0.222. The molecule has 36 heavy (non-hydrogen) atoms. The van der Waals surface area contributed by atoms with Crippen LogP contribution in [0.5, 0.6) is 5.75 Å². The van der Waals surface area contributed by atoms with Crippen LogP contribution in [0.3, 0.4) is 0 Å². The SMILES string of the molecule is COc1ccccc1-c1c(-c2ccc(CN3CCC(S(C)(=O)=O)CC3)cc2)[nH]c2nc(N)[nH]c(=O)c12. The Morgan fingerprint density at radius 2 is 1.78 bits per heavy atom. The van der Waals surface area contributed by atoms with Gasteiger partial charge >= 0.3 is 0 Å². The molecule has 4 aromatic rings. The number of nitrogens with one attached hydrogen (secondary N) is 2. The maximum absolute atomic E-state index is 12.9. The standard InChI is InChI=1S/C26H29N5O4S/c1-35-20-6-4-3-5-19(20)21-22-24(29-26(27)30-25(22)32)28-23(21)17-9-7-16(8-10-17)15-31-13-11-18(12-14-31)36(2,33)34/h3-10,18H,11-15H2,1-2H3,(H4,27,28,29,30,32). The molecule has 188 valence electrons. The predicted octanol–water partition coefficient (Wildman–Crippen LogP) is 3.19. The van der Waals surface area contributed by atoms with Gasteiger partial charge in [0.15, 0.2) is 0 Å². The van der Waals surface area contributed by atoms with Gasteiger partial charge < -0.3 is 15.5 Å². The number of hydrogen-bond donors (Lipinski definition) is 3. The van der Waals surface area contributed by atoms with Crippen molar-refractivity contribution in [3.63, 3.8) is 0 Å². The Labute approximate surface area is 209 Å². The van der Waals surface area contributed by atoms with Crippen molar-refractivity contribution in [2.45, 2.75) is 24.6 Å². The molecule has 0 bridgehead atoms. The summed E-state index contributed by atoms with van der Waals surface area (Å²) in [6, 6.07) is 15.7. The summed E-state index contributed by atoms with van der Waals surface area (Å²) >= 11 is 0. The van der Waals surface area contributed by atoms with Crippen LogP contribution in [0.2, 0.25) is 0 Å². The smallest absolute Gasteiger partial charge is 0.262 e. The van der Waals surface area contributed by atoms with Gasteiger partial charge in [-0.15, -0.1) is 0 Å². The fourth-order valence-electron chi connectivity index (χ4n) is 4.99. The van der Waals surface area contributed by atoms with Crippen molar-refractivity contribution < 1.29 is 13.2 Å². The summed E-state index contributed by atoms with van der Waals surface area (Å²) in [5.74, 6) is 0.687. The number of aromatic nitrogens is 3. The number of nitrogens with zero attached hydrogens (tertiary/aromatic N) is 2. The molecule has 0 radical (unpaired) electrons. The molecule has 0 unspecified atom stereocenters. The van der Waals surface area contributed by atoms with Gasteiger partial charge in [0.1, 0.15) is 21.2 Å². The minimum absolute atomic E-state index is 0.0434. The van der Waals surface area contributed by atoms with Gasteiger partial charge in [-0.05, 0) is 43.1 Å². The molecule has 0 spiro atoms. The molecule has 2 aromatic carbocycles. The third-order valence-corrected chi connectivity index (χ3v) is 8.53. The number of sulfone groups is 1. The van der Waals surface area contributed by atoms with E-state index in [-0.39, 0.29) is 16.8 Å². The van der Waals surface area contributed by atoms with Crippen molar-refractivity contribution in [2.75, 3.05) is 32.2 Å². The Bertz CT molecular complexity index is 1570. The van der Waals surface area contributed by atoms with Crippen molar-refractivity contribution in [1.29, 1.82) is 0 Å². The normalized spacial score (nSPS) is 15.4. The number of nitrogen functional groups attached to an aromatic ring is 1. The Kier molecular flexibility index (Phi) is 6.31. The number of fused-ring (bicyclic) bond motifs is 1. The van der Waals surface area contributed by atoms with E-state index in [1.165, 1.54) is 6.26 Å². The average molecular weight is 508 g/mol. The average Bonchev–Trinajstić information content (AvgIpc) is 3.23. The third kappa shape index (κ3) is 4.61. The monoisotopic (exact) mass is 507 g/mol. The largest absolute Gasteiger partial charge is 0.496 e. The molecule has 0 atom stereocenters. The second-order valence-corrected chi connectivity index (χ2v) is 11.6. The van der Waals surface area contributed by atoms with Crippen molar-refractivity contribution in [2.24, 2.45) is 0 Å². The molecular weight excluding hydrogens is 478 g/mol. The van der Waals surface area contributed by atoms with Crippen LogP contribution in [0.15, 0.2) is 53.3 Å². The summed E-state index contributed by atoms with van der Waals surface area (Å²) in [5, 5.41) is 0.179. The number of hydrogen-bond acceptors (Lipinski definition) is 7. The van der Waals surface area contributed by atoms with E-state index in [1.807, 2.05) is 36.4 Å². The Balaban J connectivity index is 1.49. The van der Waals surface area contributed by atoms with Crippen LogP contribution < -0.4 is 16.0 Å². The zero-order valence-electron chi connectivity index (χ0n) is 20.2. The van der Waals surface area contributed by atoms with E-state index in [9.17, 15) is 13.2 Å². The van der Waals surface area contributed by atoms with E-state index in [1.54, 1.807) is 7.11 Å². The van der Waals surface area contributed by atoms with E-state index in [4.69, 9.17) is 10.5 Å². The number of rotatable bonds is 6. The molecule has 2 aromatic heterocycles. The fraction of sp³-hybridized carbons (Fsp3) is 0.308. The molecule has 0 amide bonds. The molecule has 10 heteroatoms. The first-order chi connectivity index (χ1) is 17.2. The lowest BCUT2D eigenvalue weighted by Crippen LogP contribution is -2.38. The quantitative estimate of drug-likeness (QED) is 0.365. The van der Waals surface area contributed by atoms with Crippen molar-refractivity contribution in [3.8, 4) is 28.1 Å². The number of aromatic amines is 2. The van der Waals surface area contributed by atoms with Crippen LogP contribution in [0.1, 0.15) is 18.4 Å². The summed E-state index contributed by atoms with van der Waals surface area (Å²) in [6.07, 6.45) is 2.66. The van der Waals surface area contributed by atoms with Crippen molar-refractivity contribution >= 4 is 26.8 Å². The molecule has 1 fully saturated rings. The number of anilines is 1. The third-order valence-electron chi connectivity index (χ3n) is 6.85. The zero-order chi connectivity index (χ0) is 25.4. The highest BCUT2D eigenvalue weighted by Gasteiger charge is 2.26. The molecule has 5 rings (SSSR count). The summed E-state index contributed by atoms with van der Waals surface area (Å²) in [6.45, 7) is 2.27. The number of methoxy groups -OCH3 is 1. The molecule has 0 saturated carbocycles. The molecule has 9 nitrogen and oxygen atoms in total. The summed E-state index contributed by atoms with van der Waals surface area (Å²) in [7, 11) is -1.39. The second-order valence-electron chi connectivity index (χ2n) is 9.25. The number of nitrogens with two attached hydrogens (primary N) is 1. The number of benzene rings is 2. The molecule has 4 N–H and O–H groups in total. The first-order valence-corrected chi connectivity index (χ1v) is 13.8. The Morgan fingerprint density at radius 3 is 2.44 bits per heavy atom. The fourth-order valence-corrected chi connectivity index (χ4v) is 6.05. The highest BCUT2D eigenvalue weighted by Crippen LogP contribution is 2.40. The van der Waals surface area contributed by atoms with Gasteiger partial charge in [0.05, 0.1) is 23.4 Å². The molecule has 1 aliphatic heterocycles. The van der Waals surface area contributed by atoms with E-state index in [0.29, 0.717) is 35.2 Å². The minimum atomic E-state index is -2.98. The summed E-state index contributed by atoms with van der Waals surface area (Å²) < 4.78 is 29.3. The van der Waals surface area contributed by atoms with Gasteiger partial charge in [-0.3, -0.25) is 14.7 Å². The molecule has 0 aliphatic carbocycles. The topological polar surface area (TPSA) is 134 Å². The van der Waals surface area contributed by atoms with Crippen LogP contribution in [-0.2, 0) is 16.4 Å². The van der Waals surface area contributed by atoms with Crippen molar-refractivity contribution in [1.82, 2.24) is 19.9 Å². The summed E-state index contributed by atoms with van der Waals surface area (Å²) in [5.41, 5.74) is 10.1. The first kappa shape index (κ1) is 24.1. The number of piperidine rings is 1. The maximum Gasteiger partial charge on any atom is 0.262 e. The van der Waals surface area contributed by atoms with Gasteiger partial charge in [-0.1, -0.05) is 42.5 Å². The zero-order valence-corrected chi connectivity index (χ0v) is 21.1. The minimum Gasteiger partial charge on any atom is -0.496 e. The second kappa shape index (κ2) is 9.44. The van der Waals surface area contributed by atoms with Gasteiger partial charge in [-0.25, -0.2) is 8.42 Å². The van der Waals surface area contributed by atoms with E-state index in [2.05, 4.69) is 32.0 Å². The van der Waals surface area contributed by atoms with Crippen molar-refractivity contribution in [3.05, 3.63) is 64.4 Å². The molecule has 1 aliphatic rings. The highest BCUT2D eigenvalue weighted by molar-refractivity contribution is 7.91. The molecule has 3 heterocycles. The van der Waals surface area contributed by atoms with Crippen LogP contribution in [0, 0.1) is 0 Å². The first-order valence-electron chi connectivity index (χ1n) is 11.8. The lowest BCUT2D eigenvalue weighted by Gasteiger charge is -2.31. The van der Waals surface area contributed by atoms with Gasteiger partial charge in [0.2, 0.25) is 5.95 Å².